The molecule has 0 atom stereocenters. The maximum atomic E-state index is 12.7. The van der Waals surface area contributed by atoms with Crippen molar-refractivity contribution in [1.82, 2.24) is 19.7 Å². The second kappa shape index (κ2) is 6.38. The van der Waals surface area contributed by atoms with Gasteiger partial charge in [-0.2, -0.15) is 5.10 Å². The molecule has 7 nitrogen and oxygen atoms in total. The van der Waals surface area contributed by atoms with Crippen LogP contribution in [0, 0.1) is 6.92 Å². The Balaban J connectivity index is 1.75. The number of carbonyl (C=O) groups is 1. The van der Waals surface area contributed by atoms with Gasteiger partial charge < -0.3 is 9.64 Å². The fraction of sp³-hybridized carbons (Fsp3) is 0.500. The van der Waals surface area contributed by atoms with Crippen LogP contribution in [0.1, 0.15) is 37.9 Å². The molecule has 2 amide bonds. The first-order chi connectivity index (χ1) is 11.8. The van der Waals surface area contributed by atoms with E-state index in [-0.39, 0.29) is 11.4 Å². The summed E-state index contributed by atoms with van der Waals surface area (Å²) in [6.07, 6.45) is 0. The number of anilines is 1. The largest absolute Gasteiger partial charge is 0.493 e. The van der Waals surface area contributed by atoms with Gasteiger partial charge in [-0.15, -0.1) is 0 Å². The molecule has 3 heterocycles. The van der Waals surface area contributed by atoms with E-state index in [4.69, 9.17) is 4.74 Å². The Hall–Kier alpha value is -2.57. The molecule has 0 radical (unpaired) electrons. The van der Waals surface area contributed by atoms with Crippen LogP contribution in [0.15, 0.2) is 18.2 Å². The molecule has 0 fully saturated rings. The van der Waals surface area contributed by atoms with Crippen LogP contribution in [0.4, 0.5) is 10.6 Å². The van der Waals surface area contributed by atoms with Crippen molar-refractivity contribution in [2.45, 2.75) is 46.2 Å². The summed E-state index contributed by atoms with van der Waals surface area (Å²) < 4.78 is 7.27. The zero-order valence-corrected chi connectivity index (χ0v) is 15.5. The van der Waals surface area contributed by atoms with Gasteiger partial charge in [-0.25, -0.2) is 9.78 Å². The van der Waals surface area contributed by atoms with Crippen molar-refractivity contribution in [2.24, 2.45) is 0 Å². The van der Waals surface area contributed by atoms with Crippen LogP contribution in [0.2, 0.25) is 0 Å². The maximum Gasteiger partial charge on any atom is 0.323 e. The number of urea groups is 1. The third kappa shape index (κ3) is 3.60. The Morgan fingerprint density at radius 3 is 2.72 bits per heavy atom. The average molecular weight is 343 g/mol. The highest BCUT2D eigenvalue weighted by molar-refractivity contribution is 5.89. The molecule has 7 heteroatoms. The molecule has 1 aliphatic rings. The fourth-order valence-electron chi connectivity index (χ4n) is 2.78. The van der Waals surface area contributed by atoms with E-state index in [1.807, 2.05) is 17.7 Å². The lowest BCUT2D eigenvalue weighted by atomic mass is 9.92. The predicted molar refractivity (Wildman–Crippen MR) is 95.9 cm³/mol. The van der Waals surface area contributed by atoms with Crippen molar-refractivity contribution >= 4 is 11.8 Å². The molecule has 0 saturated heterocycles. The highest BCUT2D eigenvalue weighted by Gasteiger charge is 2.26. The third-order valence-corrected chi connectivity index (χ3v) is 4.30. The standard InChI is InChI=1S/C18H25N5O2/c1-12-6-7-14(25-5)16(19-12)20-17(24)22-8-9-23-13(11-22)10-15(21-23)18(2,3)4/h6-7,10H,8-9,11H2,1-5H3,(H,19,20,24). The summed E-state index contributed by atoms with van der Waals surface area (Å²) in [7, 11) is 1.56. The van der Waals surface area contributed by atoms with Crippen LogP contribution in [-0.2, 0) is 18.5 Å². The first-order valence-corrected chi connectivity index (χ1v) is 8.42. The van der Waals surface area contributed by atoms with Gasteiger partial charge in [0.25, 0.3) is 0 Å². The molecule has 0 unspecified atom stereocenters. The minimum Gasteiger partial charge on any atom is -0.493 e. The second-order valence-corrected chi connectivity index (χ2v) is 7.35. The molecule has 134 valence electrons. The SMILES string of the molecule is COc1ccc(C)nc1NC(=O)N1CCn2nc(C(C)(C)C)cc2C1. The summed E-state index contributed by atoms with van der Waals surface area (Å²) in [5.74, 6) is 0.998. The van der Waals surface area contributed by atoms with Crippen molar-refractivity contribution in [3.63, 3.8) is 0 Å². The Morgan fingerprint density at radius 1 is 1.28 bits per heavy atom. The quantitative estimate of drug-likeness (QED) is 0.910. The number of amides is 2. The molecule has 0 aromatic carbocycles. The summed E-state index contributed by atoms with van der Waals surface area (Å²) >= 11 is 0. The van der Waals surface area contributed by atoms with E-state index >= 15 is 0 Å². The molecule has 0 saturated carbocycles. The average Bonchev–Trinajstić information content (AvgIpc) is 2.98. The summed E-state index contributed by atoms with van der Waals surface area (Å²) in [5, 5.41) is 7.53. The molecule has 0 bridgehead atoms. The molecule has 2 aromatic heterocycles. The number of aryl methyl sites for hydroxylation is 1. The van der Waals surface area contributed by atoms with Crippen molar-refractivity contribution in [1.29, 1.82) is 0 Å². The van der Waals surface area contributed by atoms with E-state index in [1.54, 1.807) is 18.1 Å². The number of ether oxygens (including phenoxy) is 1. The normalized spacial score (nSPS) is 14.2. The Kier molecular flexibility index (Phi) is 4.41. The minimum atomic E-state index is -0.179. The lowest BCUT2D eigenvalue weighted by molar-refractivity contribution is 0.194. The van der Waals surface area contributed by atoms with Crippen molar-refractivity contribution in [3.8, 4) is 5.75 Å². The first kappa shape index (κ1) is 17.3. The molecule has 1 N–H and O–H groups in total. The molecule has 2 aromatic rings. The number of hydrogen-bond acceptors (Lipinski definition) is 4. The number of nitrogens with zero attached hydrogens (tertiary/aromatic N) is 4. The van der Waals surface area contributed by atoms with Gasteiger partial charge in [0.15, 0.2) is 11.6 Å². The van der Waals surface area contributed by atoms with Gasteiger partial charge in [-0.3, -0.25) is 10.00 Å². The lowest BCUT2D eigenvalue weighted by Crippen LogP contribution is -2.41. The van der Waals surface area contributed by atoms with Crippen molar-refractivity contribution < 1.29 is 9.53 Å². The lowest BCUT2D eigenvalue weighted by Gasteiger charge is -2.27. The second-order valence-electron chi connectivity index (χ2n) is 7.35. The highest BCUT2D eigenvalue weighted by Crippen LogP contribution is 2.25. The van der Waals surface area contributed by atoms with Gasteiger partial charge in [0.1, 0.15) is 0 Å². The van der Waals surface area contributed by atoms with Crippen LogP contribution in [0.25, 0.3) is 0 Å². The van der Waals surface area contributed by atoms with E-state index in [2.05, 4.69) is 42.2 Å². The van der Waals surface area contributed by atoms with Crippen LogP contribution < -0.4 is 10.1 Å². The Labute approximate surface area is 148 Å². The van der Waals surface area contributed by atoms with Gasteiger partial charge in [-0.1, -0.05) is 20.8 Å². The van der Waals surface area contributed by atoms with Gasteiger partial charge in [-0.05, 0) is 25.1 Å². The smallest absolute Gasteiger partial charge is 0.323 e. The molecule has 3 rings (SSSR count). The van der Waals surface area contributed by atoms with E-state index in [0.29, 0.717) is 31.2 Å². The van der Waals surface area contributed by atoms with Gasteiger partial charge in [0.2, 0.25) is 0 Å². The van der Waals surface area contributed by atoms with E-state index in [0.717, 1.165) is 17.1 Å². The first-order valence-electron chi connectivity index (χ1n) is 8.42. The number of pyridine rings is 1. The molecule has 25 heavy (non-hydrogen) atoms. The molecular weight excluding hydrogens is 318 g/mol. The minimum absolute atomic E-state index is 0.00369. The number of carbonyl (C=O) groups excluding carboxylic acids is 1. The molecule has 0 spiro atoms. The fourth-order valence-corrected chi connectivity index (χ4v) is 2.78. The van der Waals surface area contributed by atoms with Crippen LogP contribution in [0.3, 0.4) is 0 Å². The predicted octanol–water partition coefficient (Wildman–Crippen LogP) is 2.94. The van der Waals surface area contributed by atoms with Gasteiger partial charge in [0.05, 0.1) is 31.6 Å². The summed E-state index contributed by atoms with van der Waals surface area (Å²) in [4.78, 5) is 18.8. The van der Waals surface area contributed by atoms with E-state index in [9.17, 15) is 4.79 Å². The monoisotopic (exact) mass is 343 g/mol. The number of hydrogen-bond donors (Lipinski definition) is 1. The van der Waals surface area contributed by atoms with Crippen molar-refractivity contribution in [3.05, 3.63) is 35.3 Å². The topological polar surface area (TPSA) is 72.3 Å². The van der Waals surface area contributed by atoms with Crippen LogP contribution >= 0.6 is 0 Å². The van der Waals surface area contributed by atoms with Crippen LogP contribution in [0.5, 0.6) is 5.75 Å². The number of aromatic nitrogens is 3. The van der Waals surface area contributed by atoms with Gasteiger partial charge >= 0.3 is 6.03 Å². The number of nitrogens with one attached hydrogen (secondary N) is 1. The van der Waals surface area contributed by atoms with Crippen molar-refractivity contribution in [2.75, 3.05) is 19.0 Å². The zero-order chi connectivity index (χ0) is 18.2. The molecule has 1 aliphatic heterocycles. The number of methoxy groups -OCH3 is 1. The maximum absolute atomic E-state index is 12.7. The van der Waals surface area contributed by atoms with E-state index < -0.39 is 0 Å². The van der Waals surface area contributed by atoms with Crippen LogP contribution in [-0.4, -0.2) is 39.4 Å². The third-order valence-electron chi connectivity index (χ3n) is 4.30. The Morgan fingerprint density at radius 2 is 2.04 bits per heavy atom. The Bertz CT molecular complexity index is 791. The number of rotatable bonds is 2. The molecular formula is C18H25N5O2. The summed E-state index contributed by atoms with van der Waals surface area (Å²) in [5.41, 5.74) is 2.92. The van der Waals surface area contributed by atoms with E-state index in [1.165, 1.54) is 0 Å². The highest BCUT2D eigenvalue weighted by atomic mass is 16.5. The summed E-state index contributed by atoms with van der Waals surface area (Å²) in [6.45, 7) is 10.1. The van der Waals surface area contributed by atoms with Gasteiger partial charge in [0, 0.05) is 17.7 Å². The summed E-state index contributed by atoms with van der Waals surface area (Å²) in [6, 6.07) is 5.56. The number of fused-ring (bicyclic) bond motifs is 1. The zero-order valence-electron chi connectivity index (χ0n) is 15.5. The molecule has 0 aliphatic carbocycles.